The van der Waals surface area contributed by atoms with Crippen molar-refractivity contribution >= 4 is 11.8 Å². The summed E-state index contributed by atoms with van der Waals surface area (Å²) in [5, 5.41) is 3.84. The van der Waals surface area contributed by atoms with Gasteiger partial charge in [0.15, 0.2) is 0 Å². The van der Waals surface area contributed by atoms with Gasteiger partial charge in [0.1, 0.15) is 0 Å². The van der Waals surface area contributed by atoms with Gasteiger partial charge in [-0.25, -0.2) is 0 Å². The topological polar surface area (TPSA) is 21.3 Å². The van der Waals surface area contributed by atoms with Crippen LogP contribution in [0.25, 0.3) is 0 Å². The third-order valence-corrected chi connectivity index (χ3v) is 5.92. The molecule has 0 aromatic heterocycles. The number of aryl methyl sites for hydroxylation is 1. The van der Waals surface area contributed by atoms with Crippen molar-refractivity contribution in [2.24, 2.45) is 0 Å². The van der Waals surface area contributed by atoms with Crippen molar-refractivity contribution in [3.05, 3.63) is 35.4 Å². The van der Waals surface area contributed by atoms with E-state index < -0.39 is 0 Å². The zero-order valence-electron chi connectivity index (χ0n) is 12.5. The molecule has 3 heteroatoms. The molecule has 0 saturated carbocycles. The minimum Gasteiger partial charge on any atom is -0.374 e. The Labute approximate surface area is 126 Å². The number of hydrogen-bond acceptors (Lipinski definition) is 3. The first-order valence-electron chi connectivity index (χ1n) is 7.72. The number of hydrogen-bond donors (Lipinski definition) is 1. The maximum Gasteiger partial charge on any atom is 0.0795 e. The molecular formula is C17H25NOS. The van der Waals surface area contributed by atoms with E-state index in [0.29, 0.717) is 12.1 Å². The summed E-state index contributed by atoms with van der Waals surface area (Å²) in [7, 11) is 0. The summed E-state index contributed by atoms with van der Waals surface area (Å²) in [6.07, 6.45) is 3.55. The number of ether oxygens (including phenoxy) is 1. The fraction of sp³-hybridized carbons (Fsp3) is 0.647. The molecule has 20 heavy (non-hydrogen) atoms. The van der Waals surface area contributed by atoms with Crippen LogP contribution in [-0.2, 0) is 4.74 Å². The average Bonchev–Trinajstić information content (AvgIpc) is 2.87. The summed E-state index contributed by atoms with van der Waals surface area (Å²) < 4.78 is 6.11. The molecule has 0 bridgehead atoms. The van der Waals surface area contributed by atoms with Crippen LogP contribution in [0.1, 0.15) is 43.4 Å². The van der Waals surface area contributed by atoms with Gasteiger partial charge in [-0.05, 0) is 50.0 Å². The molecule has 2 heterocycles. The summed E-state index contributed by atoms with van der Waals surface area (Å²) in [5.41, 5.74) is 2.98. The van der Waals surface area contributed by atoms with Crippen molar-refractivity contribution in [3.63, 3.8) is 0 Å². The van der Waals surface area contributed by atoms with Crippen LogP contribution in [0.4, 0.5) is 0 Å². The highest BCUT2D eigenvalue weighted by atomic mass is 32.2. The first-order valence-corrected chi connectivity index (χ1v) is 8.87. The largest absolute Gasteiger partial charge is 0.374 e. The lowest BCUT2D eigenvalue weighted by Gasteiger charge is -2.39. The van der Waals surface area contributed by atoms with E-state index in [1.54, 1.807) is 0 Å². The van der Waals surface area contributed by atoms with E-state index in [9.17, 15) is 0 Å². The highest BCUT2D eigenvalue weighted by Crippen LogP contribution is 2.38. The molecule has 2 nitrogen and oxygen atoms in total. The Morgan fingerprint density at radius 1 is 1.40 bits per heavy atom. The van der Waals surface area contributed by atoms with Crippen molar-refractivity contribution in [1.82, 2.24) is 5.32 Å². The first-order chi connectivity index (χ1) is 9.69. The van der Waals surface area contributed by atoms with Gasteiger partial charge < -0.3 is 10.1 Å². The van der Waals surface area contributed by atoms with Crippen LogP contribution >= 0.6 is 11.8 Å². The molecule has 1 spiro atoms. The molecule has 2 saturated heterocycles. The Morgan fingerprint density at radius 2 is 2.25 bits per heavy atom. The average molecular weight is 291 g/mol. The fourth-order valence-corrected chi connectivity index (χ4v) is 4.93. The molecule has 0 amide bonds. The fourth-order valence-electron chi connectivity index (χ4n) is 3.55. The predicted molar refractivity (Wildman–Crippen MR) is 86.4 cm³/mol. The summed E-state index contributed by atoms with van der Waals surface area (Å²) in [6.45, 7) is 5.40. The van der Waals surface area contributed by atoms with E-state index in [1.807, 2.05) is 11.8 Å². The van der Waals surface area contributed by atoms with Crippen LogP contribution in [0.5, 0.6) is 0 Å². The van der Waals surface area contributed by atoms with Gasteiger partial charge in [-0.1, -0.05) is 24.3 Å². The molecular weight excluding hydrogens is 266 g/mol. The Balaban J connectivity index is 1.64. The second-order valence-electron chi connectivity index (χ2n) is 6.27. The Bertz CT molecular complexity index is 456. The van der Waals surface area contributed by atoms with Gasteiger partial charge >= 0.3 is 0 Å². The van der Waals surface area contributed by atoms with Crippen molar-refractivity contribution in [3.8, 4) is 0 Å². The summed E-state index contributed by atoms with van der Waals surface area (Å²) in [5.74, 6) is 2.45. The van der Waals surface area contributed by atoms with Gasteiger partial charge in [-0.2, -0.15) is 11.8 Å². The van der Waals surface area contributed by atoms with Gasteiger partial charge in [0.2, 0.25) is 0 Å². The van der Waals surface area contributed by atoms with Crippen molar-refractivity contribution in [2.75, 3.05) is 18.1 Å². The maximum absolute atomic E-state index is 6.11. The third-order valence-electron chi connectivity index (χ3n) is 4.70. The van der Waals surface area contributed by atoms with Crippen molar-refractivity contribution in [1.29, 1.82) is 0 Å². The normalized spacial score (nSPS) is 31.6. The minimum atomic E-state index is 0.173. The molecule has 1 aromatic carbocycles. The predicted octanol–water partition coefficient (Wildman–Crippen LogP) is 3.70. The van der Waals surface area contributed by atoms with E-state index in [2.05, 4.69) is 43.4 Å². The van der Waals surface area contributed by atoms with E-state index in [0.717, 1.165) is 13.0 Å². The third kappa shape index (κ3) is 3.05. The molecule has 2 fully saturated rings. The summed E-state index contributed by atoms with van der Waals surface area (Å²) >= 11 is 2.05. The lowest BCUT2D eigenvalue weighted by atomic mass is 9.89. The Kier molecular flexibility index (Phi) is 4.39. The van der Waals surface area contributed by atoms with E-state index >= 15 is 0 Å². The summed E-state index contributed by atoms with van der Waals surface area (Å²) in [4.78, 5) is 0. The number of thioether (sulfide) groups is 1. The van der Waals surface area contributed by atoms with Gasteiger partial charge in [-0.3, -0.25) is 0 Å². The lowest BCUT2D eigenvalue weighted by molar-refractivity contribution is -0.0711. The molecule has 3 rings (SSSR count). The van der Waals surface area contributed by atoms with Crippen LogP contribution in [0, 0.1) is 6.92 Å². The van der Waals surface area contributed by atoms with Gasteiger partial charge in [-0.15, -0.1) is 0 Å². The monoisotopic (exact) mass is 291 g/mol. The highest BCUT2D eigenvalue weighted by molar-refractivity contribution is 7.99. The zero-order chi connectivity index (χ0) is 14.0. The SMILES string of the molecule is Cc1ccccc1[C@H](C)NC1CCOC2(CCSC2)C1. The van der Waals surface area contributed by atoms with Crippen LogP contribution in [0.15, 0.2) is 24.3 Å². The van der Waals surface area contributed by atoms with Crippen LogP contribution < -0.4 is 5.32 Å². The molecule has 0 aliphatic carbocycles. The van der Waals surface area contributed by atoms with E-state index in [1.165, 1.54) is 35.5 Å². The molecule has 0 radical (unpaired) electrons. The van der Waals surface area contributed by atoms with Crippen LogP contribution in [0.2, 0.25) is 0 Å². The second-order valence-corrected chi connectivity index (χ2v) is 7.37. The van der Waals surface area contributed by atoms with Gasteiger partial charge in [0.25, 0.3) is 0 Å². The molecule has 110 valence electrons. The number of rotatable bonds is 3. The lowest BCUT2D eigenvalue weighted by Crippen LogP contribution is -2.47. The van der Waals surface area contributed by atoms with E-state index in [-0.39, 0.29) is 5.60 Å². The maximum atomic E-state index is 6.11. The Morgan fingerprint density at radius 3 is 3.00 bits per heavy atom. The standard InChI is InChI=1S/C17H25NOS/c1-13-5-3-4-6-16(13)14(2)18-15-7-9-19-17(11-15)8-10-20-12-17/h3-6,14-15,18H,7-12H2,1-2H3/t14-,15?,17?/m0/s1. The van der Waals surface area contributed by atoms with Crippen molar-refractivity contribution in [2.45, 2.75) is 50.8 Å². The quantitative estimate of drug-likeness (QED) is 0.917. The zero-order valence-corrected chi connectivity index (χ0v) is 13.3. The molecule has 2 aliphatic heterocycles. The van der Waals surface area contributed by atoms with Gasteiger partial charge in [0.05, 0.1) is 5.60 Å². The van der Waals surface area contributed by atoms with Crippen molar-refractivity contribution < 1.29 is 4.74 Å². The number of nitrogens with one attached hydrogen (secondary N) is 1. The smallest absolute Gasteiger partial charge is 0.0795 e. The van der Waals surface area contributed by atoms with Gasteiger partial charge in [0, 0.05) is 24.4 Å². The highest BCUT2D eigenvalue weighted by Gasteiger charge is 2.40. The molecule has 2 unspecified atom stereocenters. The molecule has 1 aromatic rings. The molecule has 3 atom stereocenters. The summed E-state index contributed by atoms with van der Waals surface area (Å²) in [6, 6.07) is 9.72. The van der Waals surface area contributed by atoms with Crippen LogP contribution in [0.3, 0.4) is 0 Å². The van der Waals surface area contributed by atoms with Crippen LogP contribution in [-0.4, -0.2) is 29.8 Å². The second kappa shape index (κ2) is 6.08. The minimum absolute atomic E-state index is 0.173. The molecule has 1 N–H and O–H groups in total. The first kappa shape index (κ1) is 14.4. The van der Waals surface area contributed by atoms with E-state index in [4.69, 9.17) is 4.74 Å². The molecule has 2 aliphatic rings. The number of benzene rings is 1. The Hall–Kier alpha value is -0.510.